The fourth-order valence-electron chi connectivity index (χ4n) is 0.965. The number of H-pyrrole nitrogens is 1. The zero-order valence-electron chi connectivity index (χ0n) is 6.34. The number of hydrogen-bond donors (Lipinski definition) is 2. The van der Waals surface area contributed by atoms with Crippen LogP contribution in [-0.4, -0.2) is 10.2 Å². The Labute approximate surface area is 82.3 Å². The van der Waals surface area contributed by atoms with Gasteiger partial charge in [0.2, 0.25) is 0 Å². The molecule has 13 heavy (non-hydrogen) atoms. The number of hydrogen-bond acceptors (Lipinski definition) is 3. The first kappa shape index (κ1) is 8.52. The van der Waals surface area contributed by atoms with Gasteiger partial charge in [0.15, 0.2) is 11.6 Å². The van der Waals surface area contributed by atoms with Crippen LogP contribution in [0.25, 0.3) is 10.6 Å². The molecule has 0 radical (unpaired) electrons. The molecule has 0 bridgehead atoms. The molecule has 0 aliphatic heterocycles. The van der Waals surface area contributed by atoms with Crippen molar-refractivity contribution in [3.63, 3.8) is 0 Å². The van der Waals surface area contributed by atoms with Gasteiger partial charge < -0.3 is 5.73 Å². The maximum atomic E-state index is 13.2. The molecular weight excluding hydrogens is 213 g/mol. The maximum absolute atomic E-state index is 13.2. The number of aromatic amines is 1. The average Bonchev–Trinajstić information content (AvgIpc) is 2.62. The molecule has 0 aliphatic rings. The summed E-state index contributed by atoms with van der Waals surface area (Å²) in [6.45, 7) is 0. The lowest BCUT2D eigenvalue weighted by Crippen LogP contribution is -1.86. The van der Waals surface area contributed by atoms with Crippen LogP contribution in [-0.2, 0) is 0 Å². The number of nitrogens with two attached hydrogens (primary N) is 1. The van der Waals surface area contributed by atoms with Crippen LogP contribution in [0, 0.1) is 5.82 Å². The summed E-state index contributed by atoms with van der Waals surface area (Å²) in [5.41, 5.74) is 5.49. The molecule has 0 atom stereocenters. The van der Waals surface area contributed by atoms with Crippen LogP contribution in [0.1, 0.15) is 0 Å². The maximum Gasteiger partial charge on any atom is 0.193 e. The van der Waals surface area contributed by atoms with E-state index >= 15 is 0 Å². The second-order valence-corrected chi connectivity index (χ2v) is 3.72. The summed E-state index contributed by atoms with van der Waals surface area (Å²) in [5, 5.41) is 8.30. The summed E-state index contributed by atoms with van der Waals surface area (Å²) >= 11 is 7.14. The summed E-state index contributed by atoms with van der Waals surface area (Å²) < 4.78 is 13.2. The third-order valence-electron chi connectivity index (χ3n) is 1.58. The molecule has 0 amide bonds. The van der Waals surface area contributed by atoms with E-state index in [2.05, 4.69) is 10.2 Å². The summed E-state index contributed by atoms with van der Waals surface area (Å²) in [6, 6.07) is 1.69. The Morgan fingerprint density at radius 2 is 2.38 bits per heavy atom. The molecule has 0 aromatic carbocycles. The van der Waals surface area contributed by atoms with Crippen molar-refractivity contribution in [2.75, 3.05) is 5.73 Å². The van der Waals surface area contributed by atoms with E-state index < -0.39 is 5.82 Å². The molecule has 0 saturated heterocycles. The standard InChI is InChI=1S/C7H5ClFN3S/c8-3-1-2-13-6(3)5-4(9)7(10)12-11-5/h1-2H,(H3,10,11,12). The molecule has 6 heteroatoms. The van der Waals surface area contributed by atoms with Crippen molar-refractivity contribution < 1.29 is 4.39 Å². The second-order valence-electron chi connectivity index (χ2n) is 2.40. The van der Waals surface area contributed by atoms with Crippen LogP contribution in [0.5, 0.6) is 0 Å². The first-order valence-corrected chi connectivity index (χ1v) is 4.68. The summed E-state index contributed by atoms with van der Waals surface area (Å²) in [7, 11) is 0. The van der Waals surface area contributed by atoms with E-state index in [0.29, 0.717) is 9.90 Å². The SMILES string of the molecule is Nc1n[nH]c(-c2sccc2Cl)c1F. The summed E-state index contributed by atoms with van der Waals surface area (Å²) in [4.78, 5) is 0.614. The van der Waals surface area contributed by atoms with E-state index in [4.69, 9.17) is 17.3 Å². The number of nitrogen functional groups attached to an aromatic ring is 1. The fourth-order valence-corrected chi connectivity index (χ4v) is 2.10. The normalized spacial score (nSPS) is 10.6. The summed E-state index contributed by atoms with van der Waals surface area (Å²) in [6.07, 6.45) is 0. The highest BCUT2D eigenvalue weighted by Crippen LogP contribution is 2.34. The minimum absolute atomic E-state index is 0.139. The van der Waals surface area contributed by atoms with Crippen molar-refractivity contribution in [1.29, 1.82) is 0 Å². The third kappa shape index (κ3) is 1.30. The molecule has 2 rings (SSSR count). The fraction of sp³-hybridized carbons (Fsp3) is 0. The van der Waals surface area contributed by atoms with Crippen molar-refractivity contribution in [2.45, 2.75) is 0 Å². The highest BCUT2D eigenvalue weighted by atomic mass is 35.5. The lowest BCUT2D eigenvalue weighted by molar-refractivity contribution is 0.637. The van der Waals surface area contributed by atoms with E-state index in [1.165, 1.54) is 11.3 Å². The smallest absolute Gasteiger partial charge is 0.193 e. The number of rotatable bonds is 1. The van der Waals surface area contributed by atoms with E-state index in [9.17, 15) is 4.39 Å². The molecule has 3 nitrogen and oxygen atoms in total. The Bertz CT molecular complexity index is 437. The van der Waals surface area contributed by atoms with Gasteiger partial charge in [-0.2, -0.15) is 5.10 Å². The van der Waals surface area contributed by atoms with Gasteiger partial charge in [-0.1, -0.05) is 11.6 Å². The van der Waals surface area contributed by atoms with E-state index in [0.717, 1.165) is 0 Å². The number of nitrogens with zero attached hydrogens (tertiary/aromatic N) is 1. The lowest BCUT2D eigenvalue weighted by Gasteiger charge is -1.92. The minimum atomic E-state index is -0.552. The zero-order valence-corrected chi connectivity index (χ0v) is 7.92. The number of thiophene rings is 1. The van der Waals surface area contributed by atoms with Gasteiger partial charge >= 0.3 is 0 Å². The minimum Gasteiger partial charge on any atom is -0.380 e. The molecule has 0 spiro atoms. The molecule has 3 N–H and O–H groups in total. The Morgan fingerprint density at radius 1 is 1.62 bits per heavy atom. The average molecular weight is 218 g/mol. The van der Waals surface area contributed by atoms with E-state index in [1.54, 1.807) is 11.4 Å². The molecule has 0 unspecified atom stereocenters. The molecular formula is C7H5ClFN3S. The van der Waals surface area contributed by atoms with Gasteiger partial charge in [0.25, 0.3) is 0 Å². The van der Waals surface area contributed by atoms with Gasteiger partial charge in [-0.05, 0) is 11.4 Å². The Kier molecular flexibility index (Phi) is 1.97. The highest BCUT2D eigenvalue weighted by Gasteiger charge is 2.15. The first-order valence-electron chi connectivity index (χ1n) is 3.43. The lowest BCUT2D eigenvalue weighted by atomic mass is 10.3. The monoisotopic (exact) mass is 217 g/mol. The van der Waals surface area contributed by atoms with Crippen molar-refractivity contribution >= 4 is 28.8 Å². The van der Waals surface area contributed by atoms with Gasteiger partial charge in [-0.25, -0.2) is 4.39 Å². The first-order chi connectivity index (χ1) is 6.20. The van der Waals surface area contributed by atoms with Gasteiger partial charge in [0.1, 0.15) is 5.69 Å². The van der Waals surface area contributed by atoms with Gasteiger partial charge in [0.05, 0.1) is 9.90 Å². The predicted octanol–water partition coefficient (Wildman–Crippen LogP) is 2.51. The van der Waals surface area contributed by atoms with Crippen LogP contribution < -0.4 is 5.73 Å². The molecule has 2 heterocycles. The van der Waals surface area contributed by atoms with Gasteiger partial charge in [0, 0.05) is 0 Å². The number of nitrogens with one attached hydrogen (secondary N) is 1. The molecule has 2 aromatic heterocycles. The van der Waals surface area contributed by atoms with Gasteiger partial charge in [-0.15, -0.1) is 11.3 Å². The number of halogens is 2. The van der Waals surface area contributed by atoms with Crippen molar-refractivity contribution in [2.24, 2.45) is 0 Å². The molecule has 68 valence electrons. The zero-order chi connectivity index (χ0) is 9.42. The second kappa shape index (κ2) is 3.01. The van der Waals surface area contributed by atoms with Crippen LogP contribution >= 0.6 is 22.9 Å². The molecule has 0 saturated carbocycles. The van der Waals surface area contributed by atoms with Crippen molar-refractivity contribution in [1.82, 2.24) is 10.2 Å². The Balaban J connectivity index is 2.59. The highest BCUT2D eigenvalue weighted by molar-refractivity contribution is 7.14. The largest absolute Gasteiger partial charge is 0.380 e. The van der Waals surface area contributed by atoms with Gasteiger partial charge in [-0.3, -0.25) is 5.10 Å². The molecule has 0 aliphatic carbocycles. The summed E-state index contributed by atoms with van der Waals surface area (Å²) in [5.74, 6) is -0.691. The van der Waals surface area contributed by atoms with Crippen molar-refractivity contribution in [3.05, 3.63) is 22.3 Å². The molecule has 0 fully saturated rings. The van der Waals surface area contributed by atoms with Crippen LogP contribution in [0.3, 0.4) is 0 Å². The van der Waals surface area contributed by atoms with Crippen LogP contribution in [0.4, 0.5) is 10.2 Å². The van der Waals surface area contributed by atoms with Crippen LogP contribution in [0.2, 0.25) is 5.02 Å². The Hall–Kier alpha value is -1.07. The predicted molar refractivity (Wildman–Crippen MR) is 51.3 cm³/mol. The number of anilines is 1. The molecule has 2 aromatic rings. The Morgan fingerprint density at radius 3 is 2.85 bits per heavy atom. The van der Waals surface area contributed by atoms with E-state index in [-0.39, 0.29) is 11.5 Å². The van der Waals surface area contributed by atoms with Crippen molar-refractivity contribution in [3.8, 4) is 10.6 Å². The number of aromatic nitrogens is 2. The van der Waals surface area contributed by atoms with Crippen LogP contribution in [0.15, 0.2) is 11.4 Å². The van der Waals surface area contributed by atoms with E-state index in [1.807, 2.05) is 0 Å². The topological polar surface area (TPSA) is 54.7 Å². The third-order valence-corrected chi connectivity index (χ3v) is 2.94. The quantitative estimate of drug-likeness (QED) is 0.771.